The van der Waals surface area contributed by atoms with E-state index in [-0.39, 0.29) is 17.3 Å². The summed E-state index contributed by atoms with van der Waals surface area (Å²) in [7, 11) is 0. The molecule has 0 unspecified atom stereocenters. The van der Waals surface area contributed by atoms with Crippen molar-refractivity contribution < 1.29 is 8.81 Å². The summed E-state index contributed by atoms with van der Waals surface area (Å²) in [5, 5.41) is 0. The van der Waals surface area contributed by atoms with Crippen molar-refractivity contribution in [2.75, 3.05) is 6.54 Å². The molecule has 1 aliphatic rings. The zero-order valence-corrected chi connectivity index (χ0v) is 13.6. The predicted octanol–water partition coefficient (Wildman–Crippen LogP) is 3.40. The van der Waals surface area contributed by atoms with Crippen molar-refractivity contribution in [3.63, 3.8) is 0 Å². The molecule has 5 heteroatoms. The Morgan fingerprint density at radius 2 is 1.84 bits per heavy atom. The normalized spacial score (nSPS) is 14.3. The van der Waals surface area contributed by atoms with Gasteiger partial charge in [-0.05, 0) is 36.2 Å². The maximum atomic E-state index is 13.1. The van der Waals surface area contributed by atoms with E-state index in [1.165, 1.54) is 17.7 Å². The van der Waals surface area contributed by atoms with Gasteiger partial charge in [0.1, 0.15) is 5.82 Å². The quantitative estimate of drug-likeness (QED) is 0.735. The van der Waals surface area contributed by atoms with E-state index in [1.807, 2.05) is 18.2 Å². The molecule has 0 spiro atoms. The van der Waals surface area contributed by atoms with Gasteiger partial charge in [-0.25, -0.2) is 14.2 Å². The summed E-state index contributed by atoms with van der Waals surface area (Å²) in [5.74, 6) is -0.0941. The van der Waals surface area contributed by atoms with Crippen LogP contribution in [-0.4, -0.2) is 16.4 Å². The molecule has 0 saturated carbocycles. The number of hydrogen-bond donors (Lipinski definition) is 0. The average Bonchev–Trinajstić information content (AvgIpc) is 2.63. The van der Waals surface area contributed by atoms with E-state index in [0.717, 1.165) is 18.8 Å². The Bertz CT molecular complexity index is 936. The smallest absolute Gasteiger partial charge is 0.342 e. The van der Waals surface area contributed by atoms with Gasteiger partial charge in [0.25, 0.3) is 0 Å². The molecular weight excluding hydrogens is 319 g/mol. The highest BCUT2D eigenvalue weighted by molar-refractivity contribution is 5.53. The molecule has 25 heavy (non-hydrogen) atoms. The minimum Gasteiger partial charge on any atom is -0.403 e. The van der Waals surface area contributed by atoms with Gasteiger partial charge in [-0.1, -0.05) is 30.3 Å². The second-order valence-corrected chi connectivity index (χ2v) is 6.18. The molecule has 2 aromatic carbocycles. The monoisotopic (exact) mass is 336 g/mol. The van der Waals surface area contributed by atoms with E-state index < -0.39 is 0 Å². The molecule has 0 atom stereocenters. The van der Waals surface area contributed by atoms with Crippen LogP contribution >= 0.6 is 0 Å². The Balaban J connectivity index is 1.62. The van der Waals surface area contributed by atoms with Gasteiger partial charge in [0, 0.05) is 25.2 Å². The third-order valence-corrected chi connectivity index (χ3v) is 4.41. The number of hydrogen-bond acceptors (Lipinski definition) is 4. The number of nitrogens with zero attached hydrogens (tertiary/aromatic N) is 2. The number of aromatic nitrogens is 1. The lowest BCUT2D eigenvalue weighted by atomic mass is 10.1. The summed E-state index contributed by atoms with van der Waals surface area (Å²) in [6, 6.07) is 16.0. The van der Waals surface area contributed by atoms with Gasteiger partial charge in [0.2, 0.25) is 5.89 Å². The molecule has 4 nitrogen and oxygen atoms in total. The second kappa shape index (κ2) is 6.61. The maximum Gasteiger partial charge on any atom is 0.342 e. The van der Waals surface area contributed by atoms with Crippen molar-refractivity contribution in [2.24, 2.45) is 0 Å². The molecule has 0 aliphatic carbocycles. The van der Waals surface area contributed by atoms with Crippen LogP contribution in [0.2, 0.25) is 0 Å². The zero-order chi connectivity index (χ0) is 17.2. The van der Waals surface area contributed by atoms with Crippen molar-refractivity contribution >= 4 is 0 Å². The van der Waals surface area contributed by atoms with Crippen LogP contribution in [-0.2, 0) is 19.5 Å². The Morgan fingerprint density at radius 3 is 2.60 bits per heavy atom. The molecular formula is C20H17FN2O2. The molecule has 0 fully saturated rings. The van der Waals surface area contributed by atoms with Gasteiger partial charge in [-0.15, -0.1) is 0 Å². The molecule has 0 saturated heterocycles. The topological polar surface area (TPSA) is 46.3 Å². The zero-order valence-electron chi connectivity index (χ0n) is 13.6. The molecule has 4 rings (SSSR count). The summed E-state index contributed by atoms with van der Waals surface area (Å²) in [4.78, 5) is 19.1. The van der Waals surface area contributed by atoms with E-state index in [0.29, 0.717) is 24.1 Å². The maximum absolute atomic E-state index is 13.1. The Morgan fingerprint density at radius 1 is 1.08 bits per heavy atom. The molecule has 2 heterocycles. The SMILES string of the molecule is O=c1oc(-c2ccc(F)cc2)nc2c1CCN(Cc1ccccc1)C2. The molecule has 126 valence electrons. The van der Waals surface area contributed by atoms with E-state index in [1.54, 1.807) is 12.1 Å². The number of halogens is 1. The molecule has 0 radical (unpaired) electrons. The summed E-state index contributed by atoms with van der Waals surface area (Å²) in [6.07, 6.45) is 0.626. The molecule has 1 aliphatic heterocycles. The first kappa shape index (κ1) is 15.7. The van der Waals surface area contributed by atoms with Crippen LogP contribution in [0.5, 0.6) is 0 Å². The third-order valence-electron chi connectivity index (χ3n) is 4.41. The van der Waals surface area contributed by atoms with Crippen LogP contribution in [0.15, 0.2) is 63.8 Å². The summed E-state index contributed by atoms with van der Waals surface area (Å²) in [5.41, 5.74) is 2.88. The van der Waals surface area contributed by atoms with Crippen LogP contribution in [0.25, 0.3) is 11.5 Å². The fourth-order valence-corrected chi connectivity index (χ4v) is 3.11. The van der Waals surface area contributed by atoms with Crippen LogP contribution in [0.3, 0.4) is 0 Å². The summed E-state index contributed by atoms with van der Waals surface area (Å²) in [6.45, 7) is 2.21. The first-order valence-corrected chi connectivity index (χ1v) is 8.24. The largest absolute Gasteiger partial charge is 0.403 e. The van der Waals surface area contributed by atoms with Crippen LogP contribution in [0.1, 0.15) is 16.8 Å². The average molecular weight is 336 g/mol. The lowest BCUT2D eigenvalue weighted by Crippen LogP contribution is -2.34. The molecule has 0 amide bonds. The van der Waals surface area contributed by atoms with Crippen molar-refractivity contribution in [3.8, 4) is 11.5 Å². The number of benzene rings is 2. The minimum absolute atomic E-state index is 0.241. The van der Waals surface area contributed by atoms with Crippen molar-refractivity contribution in [3.05, 3.63) is 87.7 Å². The molecule has 3 aromatic rings. The second-order valence-electron chi connectivity index (χ2n) is 6.18. The van der Waals surface area contributed by atoms with Gasteiger partial charge in [0.05, 0.1) is 11.3 Å². The van der Waals surface area contributed by atoms with Gasteiger partial charge in [0.15, 0.2) is 0 Å². The Hall–Kier alpha value is -2.79. The summed E-state index contributed by atoms with van der Waals surface area (Å²) >= 11 is 0. The number of fused-ring (bicyclic) bond motifs is 1. The Labute approximate surface area is 144 Å². The predicted molar refractivity (Wildman–Crippen MR) is 92.4 cm³/mol. The lowest BCUT2D eigenvalue weighted by molar-refractivity contribution is 0.236. The molecule has 0 bridgehead atoms. The fourth-order valence-electron chi connectivity index (χ4n) is 3.11. The van der Waals surface area contributed by atoms with Crippen LogP contribution < -0.4 is 5.63 Å². The highest BCUT2D eigenvalue weighted by Crippen LogP contribution is 2.21. The third kappa shape index (κ3) is 3.37. The number of rotatable bonds is 3. The molecule has 0 N–H and O–H groups in total. The van der Waals surface area contributed by atoms with Crippen molar-refractivity contribution in [2.45, 2.75) is 19.5 Å². The standard InChI is InChI=1S/C20H17FN2O2/c21-16-8-6-15(7-9-16)19-22-18-13-23(11-10-17(18)20(24)25-19)12-14-4-2-1-3-5-14/h1-9H,10-13H2. The lowest BCUT2D eigenvalue weighted by Gasteiger charge is -2.27. The van der Waals surface area contributed by atoms with E-state index in [9.17, 15) is 9.18 Å². The van der Waals surface area contributed by atoms with E-state index in [4.69, 9.17) is 4.42 Å². The van der Waals surface area contributed by atoms with Crippen LogP contribution in [0, 0.1) is 5.82 Å². The van der Waals surface area contributed by atoms with Crippen molar-refractivity contribution in [1.29, 1.82) is 0 Å². The van der Waals surface area contributed by atoms with Crippen LogP contribution in [0.4, 0.5) is 4.39 Å². The summed E-state index contributed by atoms with van der Waals surface area (Å²) < 4.78 is 18.4. The highest BCUT2D eigenvalue weighted by atomic mass is 19.1. The van der Waals surface area contributed by atoms with Crippen molar-refractivity contribution in [1.82, 2.24) is 9.88 Å². The Kier molecular flexibility index (Phi) is 4.15. The fraction of sp³-hybridized carbons (Fsp3) is 0.200. The first-order chi connectivity index (χ1) is 12.2. The van der Waals surface area contributed by atoms with Gasteiger partial charge in [-0.3, -0.25) is 4.90 Å². The van der Waals surface area contributed by atoms with Gasteiger partial charge >= 0.3 is 5.63 Å². The molecule has 1 aromatic heterocycles. The van der Waals surface area contributed by atoms with Gasteiger partial charge < -0.3 is 4.42 Å². The van der Waals surface area contributed by atoms with E-state index in [2.05, 4.69) is 22.0 Å². The van der Waals surface area contributed by atoms with Gasteiger partial charge in [-0.2, -0.15) is 0 Å². The highest BCUT2D eigenvalue weighted by Gasteiger charge is 2.22. The van der Waals surface area contributed by atoms with E-state index >= 15 is 0 Å². The minimum atomic E-state index is -0.344. The first-order valence-electron chi connectivity index (χ1n) is 8.24.